The van der Waals surface area contributed by atoms with Crippen LogP contribution in [-0.2, 0) is 0 Å². The summed E-state index contributed by atoms with van der Waals surface area (Å²) in [6.07, 6.45) is 3.61. The molecule has 3 unspecified atom stereocenters. The van der Waals surface area contributed by atoms with E-state index in [9.17, 15) is 14.6 Å². The molecule has 1 aliphatic rings. The van der Waals surface area contributed by atoms with Crippen molar-refractivity contribution >= 4 is 39.0 Å². The Morgan fingerprint density at radius 3 is 2.78 bits per heavy atom. The van der Waals surface area contributed by atoms with Crippen molar-refractivity contribution in [3.63, 3.8) is 0 Å². The normalized spacial score (nSPS) is 20.5. The Bertz CT molecular complexity index is 1220. The SMILES string of the molecule is OCC1CC(Nc2nc(Nc3ccnc(F)c3)ncc2-c2nc3ccccc3s2)CC1O. The molecular formula is C22H21FN6O2S. The highest BCUT2D eigenvalue weighted by Crippen LogP contribution is 2.36. The second kappa shape index (κ2) is 8.73. The molecule has 0 saturated heterocycles. The number of nitrogens with one attached hydrogen (secondary N) is 2. The van der Waals surface area contributed by atoms with Crippen LogP contribution in [-0.4, -0.2) is 48.9 Å². The van der Waals surface area contributed by atoms with Gasteiger partial charge in [0.25, 0.3) is 0 Å². The zero-order valence-electron chi connectivity index (χ0n) is 16.9. The number of aliphatic hydroxyl groups excluding tert-OH is 2. The first kappa shape index (κ1) is 20.7. The number of benzene rings is 1. The number of thiazole rings is 1. The number of hydrogen-bond acceptors (Lipinski definition) is 9. The van der Waals surface area contributed by atoms with E-state index < -0.39 is 12.1 Å². The number of rotatable bonds is 6. The summed E-state index contributed by atoms with van der Waals surface area (Å²) >= 11 is 1.54. The van der Waals surface area contributed by atoms with Gasteiger partial charge in [-0.2, -0.15) is 9.37 Å². The third-order valence-corrected chi connectivity index (χ3v) is 6.60. The minimum Gasteiger partial charge on any atom is -0.396 e. The Hall–Kier alpha value is -3.21. The molecule has 1 aliphatic carbocycles. The minimum absolute atomic E-state index is 0.0589. The molecule has 164 valence electrons. The topological polar surface area (TPSA) is 116 Å². The van der Waals surface area contributed by atoms with E-state index in [1.807, 2.05) is 24.3 Å². The third kappa shape index (κ3) is 4.24. The van der Waals surface area contributed by atoms with Gasteiger partial charge in [-0.3, -0.25) is 0 Å². The summed E-state index contributed by atoms with van der Waals surface area (Å²) in [5.74, 6) is 0.0825. The Morgan fingerprint density at radius 1 is 1.12 bits per heavy atom. The van der Waals surface area contributed by atoms with Crippen molar-refractivity contribution in [3.8, 4) is 10.6 Å². The second-order valence-electron chi connectivity index (χ2n) is 7.76. The summed E-state index contributed by atoms with van der Waals surface area (Å²) in [6.45, 7) is -0.0613. The van der Waals surface area contributed by atoms with Crippen LogP contribution in [0.25, 0.3) is 20.8 Å². The van der Waals surface area contributed by atoms with Gasteiger partial charge in [0.1, 0.15) is 10.8 Å². The van der Waals surface area contributed by atoms with Crippen LogP contribution in [0.15, 0.2) is 48.8 Å². The highest BCUT2D eigenvalue weighted by Gasteiger charge is 2.33. The van der Waals surface area contributed by atoms with Crippen molar-refractivity contribution in [1.29, 1.82) is 0 Å². The minimum atomic E-state index is -0.602. The second-order valence-corrected chi connectivity index (χ2v) is 8.79. The van der Waals surface area contributed by atoms with Gasteiger partial charge in [-0.15, -0.1) is 11.3 Å². The molecule has 0 radical (unpaired) electrons. The van der Waals surface area contributed by atoms with Crippen LogP contribution in [0.4, 0.5) is 21.8 Å². The standard InChI is InChI=1S/C22H21FN6O2S/c23-19-9-13(5-6-24-19)27-22-25-10-15(21-28-16-3-1-2-4-18(16)32-21)20(29-22)26-14-7-12(11-30)17(31)8-14/h1-6,9-10,12,14,17,30-31H,7-8,11H2,(H2,24,25,26,27,29). The number of hydrogen-bond donors (Lipinski definition) is 4. The van der Waals surface area contributed by atoms with Crippen molar-refractivity contribution in [2.24, 2.45) is 5.92 Å². The molecule has 8 nitrogen and oxygen atoms in total. The van der Waals surface area contributed by atoms with Crippen molar-refractivity contribution in [1.82, 2.24) is 19.9 Å². The lowest BCUT2D eigenvalue weighted by molar-refractivity contribution is 0.0908. The zero-order valence-corrected chi connectivity index (χ0v) is 17.8. The van der Waals surface area contributed by atoms with Crippen molar-refractivity contribution in [3.05, 3.63) is 54.7 Å². The molecule has 10 heteroatoms. The average Bonchev–Trinajstić information content (AvgIpc) is 3.36. The van der Waals surface area contributed by atoms with Crippen LogP contribution < -0.4 is 10.6 Å². The summed E-state index contributed by atoms with van der Waals surface area (Å²) in [5, 5.41) is 26.9. The number of aromatic nitrogens is 4. The molecule has 4 aromatic rings. The summed E-state index contributed by atoms with van der Waals surface area (Å²) in [6, 6.07) is 10.7. The van der Waals surface area contributed by atoms with Crippen LogP contribution >= 0.6 is 11.3 Å². The number of pyridine rings is 1. The van der Waals surface area contributed by atoms with E-state index in [4.69, 9.17) is 4.98 Å². The summed E-state index contributed by atoms with van der Waals surface area (Å²) < 4.78 is 14.5. The number of fused-ring (bicyclic) bond motifs is 1. The first-order valence-electron chi connectivity index (χ1n) is 10.3. The van der Waals surface area contributed by atoms with Gasteiger partial charge in [-0.05, 0) is 31.0 Å². The molecule has 1 aromatic carbocycles. The molecule has 4 N–H and O–H groups in total. The highest BCUT2D eigenvalue weighted by molar-refractivity contribution is 7.21. The molecule has 0 aliphatic heterocycles. The Kier molecular flexibility index (Phi) is 5.64. The molecule has 32 heavy (non-hydrogen) atoms. The lowest BCUT2D eigenvalue weighted by atomic mass is 10.1. The molecule has 0 spiro atoms. The zero-order chi connectivity index (χ0) is 22.1. The Morgan fingerprint density at radius 2 is 2.00 bits per heavy atom. The van der Waals surface area contributed by atoms with Crippen LogP contribution in [0.1, 0.15) is 12.8 Å². The molecule has 0 bridgehead atoms. The van der Waals surface area contributed by atoms with Crippen molar-refractivity contribution in [2.45, 2.75) is 25.0 Å². The fourth-order valence-electron chi connectivity index (χ4n) is 3.92. The molecule has 1 fully saturated rings. The number of halogens is 1. The fraction of sp³-hybridized carbons (Fsp3) is 0.273. The maximum absolute atomic E-state index is 13.5. The van der Waals surface area contributed by atoms with Gasteiger partial charge < -0.3 is 20.8 Å². The van der Waals surface area contributed by atoms with Gasteiger partial charge in [0.15, 0.2) is 0 Å². The lowest BCUT2D eigenvalue weighted by Gasteiger charge is -2.16. The lowest BCUT2D eigenvalue weighted by Crippen LogP contribution is -2.18. The van der Waals surface area contributed by atoms with E-state index >= 15 is 0 Å². The van der Waals surface area contributed by atoms with Crippen LogP contribution in [0.5, 0.6) is 0 Å². The first-order valence-corrected chi connectivity index (χ1v) is 11.1. The summed E-state index contributed by atoms with van der Waals surface area (Å²) in [7, 11) is 0. The van der Waals surface area contributed by atoms with Crippen LogP contribution in [0.2, 0.25) is 0 Å². The molecule has 1 saturated carbocycles. The van der Waals surface area contributed by atoms with Crippen LogP contribution in [0, 0.1) is 11.9 Å². The fourth-order valence-corrected chi connectivity index (χ4v) is 4.89. The predicted molar refractivity (Wildman–Crippen MR) is 121 cm³/mol. The third-order valence-electron chi connectivity index (χ3n) is 5.53. The number of para-hydroxylation sites is 1. The molecular weight excluding hydrogens is 431 g/mol. The summed E-state index contributed by atoms with van der Waals surface area (Å²) in [5.41, 5.74) is 2.11. The maximum Gasteiger partial charge on any atom is 0.229 e. The largest absolute Gasteiger partial charge is 0.396 e. The van der Waals surface area contributed by atoms with Gasteiger partial charge >= 0.3 is 0 Å². The number of anilines is 3. The van der Waals surface area contributed by atoms with E-state index in [1.165, 1.54) is 12.3 Å². The quantitative estimate of drug-likeness (QED) is 0.328. The van der Waals surface area contributed by atoms with Gasteiger partial charge in [0.05, 0.1) is 21.9 Å². The highest BCUT2D eigenvalue weighted by atomic mass is 32.1. The number of aliphatic hydroxyl groups is 2. The van der Waals surface area contributed by atoms with Crippen molar-refractivity contribution in [2.75, 3.05) is 17.2 Å². The van der Waals surface area contributed by atoms with Crippen molar-refractivity contribution < 1.29 is 14.6 Å². The Labute approximate surface area is 187 Å². The Balaban J connectivity index is 1.50. The van der Waals surface area contributed by atoms with Crippen LogP contribution in [0.3, 0.4) is 0 Å². The van der Waals surface area contributed by atoms with Gasteiger partial charge in [-0.25, -0.2) is 15.0 Å². The summed E-state index contributed by atoms with van der Waals surface area (Å²) in [4.78, 5) is 17.3. The van der Waals surface area contributed by atoms with E-state index in [2.05, 4.69) is 25.6 Å². The van der Waals surface area contributed by atoms with Gasteiger partial charge in [-0.1, -0.05) is 12.1 Å². The van der Waals surface area contributed by atoms with E-state index in [1.54, 1.807) is 23.6 Å². The van der Waals surface area contributed by atoms with E-state index in [0.29, 0.717) is 30.3 Å². The van der Waals surface area contributed by atoms with Gasteiger partial charge in [0.2, 0.25) is 11.9 Å². The molecule has 0 amide bonds. The van der Waals surface area contributed by atoms with E-state index in [0.717, 1.165) is 20.8 Å². The average molecular weight is 453 g/mol. The maximum atomic E-state index is 13.5. The van der Waals surface area contributed by atoms with Gasteiger partial charge in [0, 0.05) is 42.7 Å². The predicted octanol–water partition coefficient (Wildman–Crippen LogP) is 3.57. The monoisotopic (exact) mass is 452 g/mol. The molecule has 3 atom stereocenters. The molecule has 5 rings (SSSR count). The first-order chi connectivity index (χ1) is 15.6. The number of nitrogens with zero attached hydrogens (tertiary/aromatic N) is 4. The molecule has 3 heterocycles. The molecule has 3 aromatic heterocycles. The van der Waals surface area contributed by atoms with E-state index in [-0.39, 0.29) is 18.6 Å². The smallest absolute Gasteiger partial charge is 0.229 e.